The molecule has 0 atom stereocenters. The van der Waals surface area contributed by atoms with Crippen LogP contribution in [0.2, 0.25) is 0 Å². The molecule has 0 aliphatic rings. The third kappa shape index (κ3) is 6.16. The standard InChI is InChI=1S/C14H22N2O3S/c1-2-14(17)15-11-7-4-8-12-16-20(18,19)13-9-5-3-6-10-13/h3,5-6,9-10,16H,2,4,7-8,11-12H2,1H3,(H,15,17). The summed E-state index contributed by atoms with van der Waals surface area (Å²) in [4.78, 5) is 11.3. The first-order chi connectivity index (χ1) is 9.56. The Morgan fingerprint density at radius 2 is 1.70 bits per heavy atom. The SMILES string of the molecule is CCC(=O)NCCCCCNS(=O)(=O)c1ccccc1. The van der Waals surface area contributed by atoms with Crippen molar-refractivity contribution >= 4 is 15.9 Å². The van der Waals surface area contributed by atoms with Crippen molar-refractivity contribution in [3.63, 3.8) is 0 Å². The fraction of sp³-hybridized carbons (Fsp3) is 0.500. The molecule has 6 heteroatoms. The zero-order valence-corrected chi connectivity index (χ0v) is 12.6. The third-order valence-corrected chi connectivity index (χ3v) is 4.32. The summed E-state index contributed by atoms with van der Waals surface area (Å²) in [5.74, 6) is 0.0507. The lowest BCUT2D eigenvalue weighted by atomic mass is 10.2. The summed E-state index contributed by atoms with van der Waals surface area (Å²) < 4.78 is 26.3. The average molecular weight is 298 g/mol. The monoisotopic (exact) mass is 298 g/mol. The lowest BCUT2D eigenvalue weighted by Crippen LogP contribution is -2.25. The Hall–Kier alpha value is -1.40. The summed E-state index contributed by atoms with van der Waals surface area (Å²) in [6, 6.07) is 8.32. The summed E-state index contributed by atoms with van der Waals surface area (Å²) in [6.07, 6.45) is 2.99. The zero-order chi connectivity index (χ0) is 14.8. The lowest BCUT2D eigenvalue weighted by molar-refractivity contribution is -0.120. The number of benzene rings is 1. The number of unbranched alkanes of at least 4 members (excludes halogenated alkanes) is 2. The molecule has 0 bridgehead atoms. The number of hydrogen-bond acceptors (Lipinski definition) is 3. The van der Waals surface area contributed by atoms with Crippen molar-refractivity contribution < 1.29 is 13.2 Å². The van der Waals surface area contributed by atoms with Crippen LogP contribution in [0.3, 0.4) is 0 Å². The Balaban J connectivity index is 2.17. The highest BCUT2D eigenvalue weighted by Crippen LogP contribution is 2.07. The highest BCUT2D eigenvalue weighted by molar-refractivity contribution is 7.89. The van der Waals surface area contributed by atoms with Crippen molar-refractivity contribution in [1.82, 2.24) is 10.0 Å². The van der Waals surface area contributed by atoms with Crippen LogP contribution >= 0.6 is 0 Å². The normalized spacial score (nSPS) is 11.2. The van der Waals surface area contributed by atoms with Gasteiger partial charge in [-0.3, -0.25) is 4.79 Å². The molecule has 2 N–H and O–H groups in total. The first kappa shape index (κ1) is 16.7. The molecule has 0 heterocycles. The highest BCUT2D eigenvalue weighted by Gasteiger charge is 2.11. The summed E-state index contributed by atoms with van der Waals surface area (Å²) in [7, 11) is -3.39. The molecule has 1 aromatic rings. The van der Waals surface area contributed by atoms with Gasteiger partial charge in [-0.2, -0.15) is 0 Å². The van der Waals surface area contributed by atoms with Crippen molar-refractivity contribution in [3.05, 3.63) is 30.3 Å². The lowest BCUT2D eigenvalue weighted by Gasteiger charge is -2.07. The largest absolute Gasteiger partial charge is 0.356 e. The number of sulfonamides is 1. The summed E-state index contributed by atoms with van der Waals surface area (Å²) in [5.41, 5.74) is 0. The molecule has 112 valence electrons. The molecule has 1 amide bonds. The molecule has 1 aromatic carbocycles. The van der Waals surface area contributed by atoms with Crippen LogP contribution in [0, 0.1) is 0 Å². The Kier molecular flexibility index (Phi) is 7.25. The Bertz CT molecular complexity index is 500. The number of nitrogens with one attached hydrogen (secondary N) is 2. The molecule has 0 aliphatic heterocycles. The number of carbonyl (C=O) groups excluding carboxylic acids is 1. The number of hydrogen-bond donors (Lipinski definition) is 2. The van der Waals surface area contributed by atoms with Crippen LogP contribution in [0.5, 0.6) is 0 Å². The second kappa shape index (κ2) is 8.71. The van der Waals surface area contributed by atoms with E-state index in [-0.39, 0.29) is 10.8 Å². The zero-order valence-electron chi connectivity index (χ0n) is 11.8. The number of carbonyl (C=O) groups is 1. The van der Waals surface area contributed by atoms with Crippen LogP contribution in [0.1, 0.15) is 32.6 Å². The molecule has 20 heavy (non-hydrogen) atoms. The molecule has 0 aliphatic carbocycles. The summed E-state index contributed by atoms with van der Waals surface area (Å²) >= 11 is 0. The Morgan fingerprint density at radius 1 is 1.05 bits per heavy atom. The molecule has 0 spiro atoms. The second-order valence-corrected chi connectivity index (χ2v) is 6.24. The minimum absolute atomic E-state index is 0.0507. The van der Waals surface area contributed by atoms with E-state index in [4.69, 9.17) is 0 Å². The van der Waals surface area contributed by atoms with Gasteiger partial charge in [0.1, 0.15) is 0 Å². The van der Waals surface area contributed by atoms with E-state index in [2.05, 4.69) is 10.0 Å². The Morgan fingerprint density at radius 3 is 2.35 bits per heavy atom. The van der Waals surface area contributed by atoms with Gasteiger partial charge in [-0.15, -0.1) is 0 Å². The average Bonchev–Trinajstić information content (AvgIpc) is 2.46. The Labute approximate surface area is 120 Å². The second-order valence-electron chi connectivity index (χ2n) is 4.47. The fourth-order valence-corrected chi connectivity index (χ4v) is 2.76. The summed E-state index contributed by atoms with van der Waals surface area (Å²) in [6.45, 7) is 2.88. The van der Waals surface area contributed by atoms with E-state index in [0.29, 0.717) is 19.5 Å². The van der Waals surface area contributed by atoms with Gasteiger partial charge in [0.2, 0.25) is 15.9 Å². The van der Waals surface area contributed by atoms with Crippen LogP contribution in [0.25, 0.3) is 0 Å². The predicted molar refractivity (Wildman–Crippen MR) is 78.8 cm³/mol. The molecule has 0 aromatic heterocycles. The maximum absolute atomic E-state index is 11.9. The van der Waals surface area contributed by atoms with Gasteiger partial charge in [0.25, 0.3) is 0 Å². The van der Waals surface area contributed by atoms with E-state index >= 15 is 0 Å². The van der Waals surface area contributed by atoms with E-state index < -0.39 is 10.0 Å². The maximum atomic E-state index is 11.9. The molecular formula is C14H22N2O3S. The van der Waals surface area contributed by atoms with Gasteiger partial charge < -0.3 is 5.32 Å². The van der Waals surface area contributed by atoms with Gasteiger partial charge in [0, 0.05) is 19.5 Å². The highest BCUT2D eigenvalue weighted by atomic mass is 32.2. The molecule has 5 nitrogen and oxygen atoms in total. The minimum atomic E-state index is -3.39. The first-order valence-corrected chi connectivity index (χ1v) is 8.36. The minimum Gasteiger partial charge on any atom is -0.356 e. The smallest absolute Gasteiger partial charge is 0.240 e. The van der Waals surface area contributed by atoms with Crippen LogP contribution in [0.15, 0.2) is 35.2 Å². The van der Waals surface area contributed by atoms with Crippen molar-refractivity contribution in [3.8, 4) is 0 Å². The molecule has 0 saturated heterocycles. The van der Waals surface area contributed by atoms with E-state index in [1.165, 1.54) is 0 Å². The van der Waals surface area contributed by atoms with Crippen LogP contribution < -0.4 is 10.0 Å². The van der Waals surface area contributed by atoms with E-state index in [1.54, 1.807) is 30.3 Å². The molecular weight excluding hydrogens is 276 g/mol. The van der Waals surface area contributed by atoms with E-state index in [0.717, 1.165) is 19.3 Å². The molecule has 0 saturated carbocycles. The van der Waals surface area contributed by atoms with Crippen molar-refractivity contribution in [2.45, 2.75) is 37.5 Å². The quantitative estimate of drug-likeness (QED) is 0.681. The maximum Gasteiger partial charge on any atom is 0.240 e. The van der Waals surface area contributed by atoms with Gasteiger partial charge in [-0.25, -0.2) is 13.1 Å². The van der Waals surface area contributed by atoms with Crippen molar-refractivity contribution in [2.24, 2.45) is 0 Å². The van der Waals surface area contributed by atoms with Gasteiger partial charge in [-0.1, -0.05) is 31.5 Å². The van der Waals surface area contributed by atoms with E-state index in [9.17, 15) is 13.2 Å². The van der Waals surface area contributed by atoms with Crippen molar-refractivity contribution in [2.75, 3.05) is 13.1 Å². The predicted octanol–water partition coefficient (Wildman–Crippen LogP) is 1.66. The van der Waals surface area contributed by atoms with E-state index in [1.807, 2.05) is 6.92 Å². The summed E-state index contributed by atoms with van der Waals surface area (Å²) in [5, 5.41) is 2.79. The fourth-order valence-electron chi connectivity index (χ4n) is 1.67. The topological polar surface area (TPSA) is 75.3 Å². The van der Waals surface area contributed by atoms with Crippen LogP contribution in [-0.4, -0.2) is 27.4 Å². The number of amides is 1. The van der Waals surface area contributed by atoms with Gasteiger partial charge >= 0.3 is 0 Å². The van der Waals surface area contributed by atoms with Crippen LogP contribution in [0.4, 0.5) is 0 Å². The van der Waals surface area contributed by atoms with Gasteiger partial charge in [-0.05, 0) is 25.0 Å². The molecule has 0 radical (unpaired) electrons. The van der Waals surface area contributed by atoms with Gasteiger partial charge in [0.15, 0.2) is 0 Å². The third-order valence-electron chi connectivity index (χ3n) is 2.84. The molecule has 0 fully saturated rings. The molecule has 1 rings (SSSR count). The van der Waals surface area contributed by atoms with Crippen molar-refractivity contribution in [1.29, 1.82) is 0 Å². The van der Waals surface area contributed by atoms with Gasteiger partial charge in [0.05, 0.1) is 4.90 Å². The van der Waals surface area contributed by atoms with Crippen LogP contribution in [-0.2, 0) is 14.8 Å². The number of rotatable bonds is 9. The first-order valence-electron chi connectivity index (χ1n) is 6.87. The molecule has 0 unspecified atom stereocenters.